The van der Waals surface area contributed by atoms with Crippen LogP contribution in [0.4, 0.5) is 0 Å². The summed E-state index contributed by atoms with van der Waals surface area (Å²) >= 11 is 0. The summed E-state index contributed by atoms with van der Waals surface area (Å²) in [5.41, 5.74) is 3.97. The Kier molecular flexibility index (Phi) is 4.17. The molecule has 2 atom stereocenters. The Hall–Kier alpha value is -2.04. The van der Waals surface area contributed by atoms with Crippen LogP contribution in [-0.2, 0) is 11.2 Å². The number of fused-ring (bicyclic) bond motifs is 3. The molecule has 0 spiro atoms. The van der Waals surface area contributed by atoms with Gasteiger partial charge in [-0.05, 0) is 41.7 Å². The van der Waals surface area contributed by atoms with E-state index in [4.69, 9.17) is 14.2 Å². The van der Waals surface area contributed by atoms with Crippen molar-refractivity contribution >= 4 is 0 Å². The maximum Gasteiger partial charge on any atom is 0.161 e. The van der Waals surface area contributed by atoms with Gasteiger partial charge in [-0.1, -0.05) is 30.3 Å². The van der Waals surface area contributed by atoms with Gasteiger partial charge in [0, 0.05) is 12.6 Å². The van der Waals surface area contributed by atoms with Gasteiger partial charge in [-0.3, -0.25) is 4.90 Å². The number of rotatable bonds is 3. The van der Waals surface area contributed by atoms with Gasteiger partial charge < -0.3 is 14.2 Å². The van der Waals surface area contributed by atoms with E-state index < -0.39 is 0 Å². The average Bonchev–Trinajstić information content (AvgIpc) is 2.67. The van der Waals surface area contributed by atoms with Crippen LogP contribution in [0, 0.1) is 0 Å². The number of ether oxygens (including phenoxy) is 3. The summed E-state index contributed by atoms with van der Waals surface area (Å²) in [6.07, 6.45) is 2.13. The number of methoxy groups -OCH3 is 2. The molecule has 0 N–H and O–H groups in total. The quantitative estimate of drug-likeness (QED) is 0.860. The monoisotopic (exact) mass is 325 g/mol. The largest absolute Gasteiger partial charge is 0.493 e. The molecule has 1 saturated heterocycles. The summed E-state index contributed by atoms with van der Waals surface area (Å²) in [6.45, 7) is 1.70. The predicted molar refractivity (Wildman–Crippen MR) is 92.4 cm³/mol. The lowest BCUT2D eigenvalue weighted by molar-refractivity contribution is -0.103. The van der Waals surface area contributed by atoms with Crippen LogP contribution in [-0.4, -0.2) is 32.4 Å². The normalized spacial score (nSPS) is 23.2. The van der Waals surface area contributed by atoms with E-state index in [1.54, 1.807) is 14.2 Å². The second kappa shape index (κ2) is 6.46. The summed E-state index contributed by atoms with van der Waals surface area (Å²) in [4.78, 5) is 2.42. The van der Waals surface area contributed by atoms with Gasteiger partial charge in [0.1, 0.15) is 6.73 Å². The van der Waals surface area contributed by atoms with Crippen molar-refractivity contribution in [1.29, 1.82) is 0 Å². The average molecular weight is 325 g/mol. The van der Waals surface area contributed by atoms with Crippen molar-refractivity contribution in [3.05, 3.63) is 59.2 Å². The zero-order valence-electron chi connectivity index (χ0n) is 14.2. The second-order valence-electron chi connectivity index (χ2n) is 6.41. The van der Waals surface area contributed by atoms with E-state index in [1.807, 2.05) is 6.07 Å². The molecule has 0 aliphatic carbocycles. The topological polar surface area (TPSA) is 30.9 Å². The predicted octanol–water partition coefficient (Wildman–Crippen LogP) is 3.72. The van der Waals surface area contributed by atoms with Gasteiger partial charge in [-0.2, -0.15) is 0 Å². The Labute approximate surface area is 142 Å². The molecule has 0 unspecified atom stereocenters. The van der Waals surface area contributed by atoms with Crippen LogP contribution in [0.15, 0.2) is 42.5 Å². The van der Waals surface area contributed by atoms with Crippen molar-refractivity contribution in [3.8, 4) is 11.5 Å². The molecule has 0 bridgehead atoms. The van der Waals surface area contributed by atoms with Crippen molar-refractivity contribution in [2.24, 2.45) is 0 Å². The maximum atomic E-state index is 6.12. The van der Waals surface area contributed by atoms with Crippen LogP contribution in [0.25, 0.3) is 0 Å². The third-order valence-electron chi connectivity index (χ3n) is 5.16. The third kappa shape index (κ3) is 2.66. The van der Waals surface area contributed by atoms with E-state index in [-0.39, 0.29) is 6.10 Å². The first kappa shape index (κ1) is 15.5. The van der Waals surface area contributed by atoms with E-state index in [9.17, 15) is 0 Å². The lowest BCUT2D eigenvalue weighted by atomic mass is 9.87. The SMILES string of the molecule is COc1cc2c(cc1OC)[C@H]1C[C@H](c3ccccc3)OCN1CC2. The fourth-order valence-electron chi connectivity index (χ4n) is 3.87. The molecule has 0 aromatic heterocycles. The molecule has 4 nitrogen and oxygen atoms in total. The summed E-state index contributed by atoms with van der Waals surface area (Å²) in [5, 5.41) is 0. The molecule has 2 aliphatic heterocycles. The minimum absolute atomic E-state index is 0.145. The van der Waals surface area contributed by atoms with Gasteiger partial charge in [0.25, 0.3) is 0 Å². The molecule has 0 radical (unpaired) electrons. The second-order valence-corrected chi connectivity index (χ2v) is 6.41. The van der Waals surface area contributed by atoms with Crippen LogP contribution < -0.4 is 9.47 Å². The molecule has 2 aliphatic rings. The van der Waals surface area contributed by atoms with Crippen molar-refractivity contribution in [2.75, 3.05) is 27.5 Å². The minimum atomic E-state index is 0.145. The molecule has 24 heavy (non-hydrogen) atoms. The molecule has 2 heterocycles. The van der Waals surface area contributed by atoms with E-state index >= 15 is 0 Å². The van der Waals surface area contributed by atoms with Crippen molar-refractivity contribution < 1.29 is 14.2 Å². The fourth-order valence-corrected chi connectivity index (χ4v) is 3.87. The van der Waals surface area contributed by atoms with Crippen LogP contribution in [0.1, 0.15) is 35.3 Å². The number of hydrogen-bond acceptors (Lipinski definition) is 4. The van der Waals surface area contributed by atoms with Gasteiger partial charge in [0.2, 0.25) is 0 Å². The van der Waals surface area contributed by atoms with E-state index in [0.717, 1.165) is 30.9 Å². The van der Waals surface area contributed by atoms with Crippen LogP contribution in [0.2, 0.25) is 0 Å². The maximum absolute atomic E-state index is 6.12. The van der Waals surface area contributed by atoms with E-state index in [1.165, 1.54) is 16.7 Å². The van der Waals surface area contributed by atoms with Crippen LogP contribution in [0.3, 0.4) is 0 Å². The molecular weight excluding hydrogens is 302 g/mol. The molecule has 0 saturated carbocycles. The zero-order chi connectivity index (χ0) is 16.5. The Balaban J connectivity index is 1.67. The summed E-state index contributed by atoms with van der Waals surface area (Å²) in [6, 6.07) is 15.2. The minimum Gasteiger partial charge on any atom is -0.493 e. The number of hydrogen-bond donors (Lipinski definition) is 0. The zero-order valence-corrected chi connectivity index (χ0v) is 14.2. The van der Waals surface area contributed by atoms with Gasteiger partial charge in [-0.25, -0.2) is 0 Å². The molecule has 1 fully saturated rings. The van der Waals surface area contributed by atoms with Crippen molar-refractivity contribution in [2.45, 2.75) is 25.0 Å². The number of nitrogens with zero attached hydrogens (tertiary/aromatic N) is 1. The first-order valence-corrected chi connectivity index (χ1v) is 8.45. The van der Waals surface area contributed by atoms with Crippen molar-refractivity contribution in [3.63, 3.8) is 0 Å². The summed E-state index contributed by atoms with van der Waals surface area (Å²) in [5.74, 6) is 1.62. The molecule has 4 rings (SSSR count). The van der Waals surface area contributed by atoms with E-state index in [2.05, 4.69) is 41.3 Å². The molecule has 2 aromatic carbocycles. The van der Waals surface area contributed by atoms with E-state index in [0.29, 0.717) is 12.8 Å². The smallest absolute Gasteiger partial charge is 0.161 e. The standard InChI is InChI=1S/C20H23NO3/c1-22-19-10-15-8-9-21-13-24-18(14-6-4-3-5-7-14)12-17(21)16(15)11-20(19)23-2/h3-7,10-11,17-18H,8-9,12-13H2,1-2H3/t17-,18-/m1/s1. The van der Waals surface area contributed by atoms with Crippen LogP contribution >= 0.6 is 0 Å². The first-order chi connectivity index (χ1) is 11.8. The Morgan fingerprint density at radius 2 is 1.79 bits per heavy atom. The highest BCUT2D eigenvalue weighted by atomic mass is 16.5. The molecule has 2 aromatic rings. The van der Waals surface area contributed by atoms with Crippen LogP contribution in [0.5, 0.6) is 11.5 Å². The highest BCUT2D eigenvalue weighted by Gasteiger charge is 2.35. The lowest BCUT2D eigenvalue weighted by Crippen LogP contribution is -2.42. The Bertz CT molecular complexity index is 716. The highest BCUT2D eigenvalue weighted by molar-refractivity contribution is 5.49. The number of benzene rings is 2. The van der Waals surface area contributed by atoms with Gasteiger partial charge >= 0.3 is 0 Å². The Morgan fingerprint density at radius 3 is 2.54 bits per heavy atom. The van der Waals surface area contributed by atoms with Gasteiger partial charge in [-0.15, -0.1) is 0 Å². The molecule has 4 heteroatoms. The highest BCUT2D eigenvalue weighted by Crippen LogP contribution is 2.44. The fraction of sp³-hybridized carbons (Fsp3) is 0.400. The third-order valence-corrected chi connectivity index (χ3v) is 5.16. The Morgan fingerprint density at radius 1 is 1.04 bits per heavy atom. The first-order valence-electron chi connectivity index (χ1n) is 8.45. The summed E-state index contributed by atoms with van der Waals surface area (Å²) in [7, 11) is 3.39. The summed E-state index contributed by atoms with van der Waals surface area (Å²) < 4.78 is 17.1. The lowest BCUT2D eigenvalue weighted by Gasteiger charge is -2.43. The molecule has 0 amide bonds. The molecule has 126 valence electrons. The molecular formula is C20H23NO3. The van der Waals surface area contributed by atoms with Gasteiger partial charge in [0.05, 0.1) is 20.3 Å². The van der Waals surface area contributed by atoms with Crippen molar-refractivity contribution in [1.82, 2.24) is 4.90 Å². The van der Waals surface area contributed by atoms with Gasteiger partial charge in [0.15, 0.2) is 11.5 Å².